The van der Waals surface area contributed by atoms with Crippen molar-refractivity contribution in [2.24, 2.45) is 0 Å². The summed E-state index contributed by atoms with van der Waals surface area (Å²) in [5.74, 6) is -0.819. The Balaban J connectivity index is 1.72. The van der Waals surface area contributed by atoms with E-state index in [2.05, 4.69) is 20.6 Å². The van der Waals surface area contributed by atoms with Crippen molar-refractivity contribution in [3.63, 3.8) is 0 Å². The van der Waals surface area contributed by atoms with Gasteiger partial charge in [-0.05, 0) is 31.5 Å². The maximum absolute atomic E-state index is 12.5. The molecule has 6 nitrogen and oxygen atoms in total. The molecule has 0 aliphatic carbocycles. The van der Waals surface area contributed by atoms with Crippen molar-refractivity contribution in [1.82, 2.24) is 15.3 Å². The largest absolute Gasteiger partial charge is 0.344 e. The van der Waals surface area contributed by atoms with E-state index >= 15 is 0 Å². The fourth-order valence-corrected chi connectivity index (χ4v) is 2.56. The summed E-state index contributed by atoms with van der Waals surface area (Å²) in [6.45, 7) is 3.85. The summed E-state index contributed by atoms with van der Waals surface area (Å²) in [6, 6.07) is 16.8. The Morgan fingerprint density at radius 3 is 2.38 bits per heavy atom. The third kappa shape index (κ3) is 3.97. The van der Waals surface area contributed by atoms with Crippen LogP contribution >= 0.6 is 0 Å². The first kappa shape index (κ1) is 17.4. The lowest BCUT2D eigenvalue weighted by Crippen LogP contribution is -2.29. The molecule has 0 fully saturated rings. The molecule has 26 heavy (non-hydrogen) atoms. The third-order valence-corrected chi connectivity index (χ3v) is 4.04. The highest BCUT2D eigenvalue weighted by Gasteiger charge is 2.22. The molecule has 0 unspecified atom stereocenters. The molecular weight excluding hydrogens is 328 g/mol. The van der Waals surface area contributed by atoms with E-state index in [4.69, 9.17) is 0 Å². The van der Waals surface area contributed by atoms with Gasteiger partial charge in [-0.3, -0.25) is 9.59 Å². The minimum absolute atomic E-state index is 0.0586. The van der Waals surface area contributed by atoms with Crippen LogP contribution < -0.4 is 10.6 Å². The van der Waals surface area contributed by atoms with Crippen molar-refractivity contribution in [2.75, 3.05) is 5.32 Å². The fraction of sp³-hybridized carbons (Fsp3) is 0.150. The molecule has 3 rings (SSSR count). The van der Waals surface area contributed by atoms with Gasteiger partial charge in [0, 0.05) is 5.69 Å². The zero-order chi connectivity index (χ0) is 18.5. The Morgan fingerprint density at radius 2 is 1.69 bits per heavy atom. The van der Waals surface area contributed by atoms with Gasteiger partial charge in [0.2, 0.25) is 0 Å². The fourth-order valence-electron chi connectivity index (χ4n) is 2.56. The Labute approximate surface area is 151 Å². The van der Waals surface area contributed by atoms with Crippen LogP contribution in [0.3, 0.4) is 0 Å². The van der Waals surface area contributed by atoms with Gasteiger partial charge in [0.1, 0.15) is 5.69 Å². The zero-order valence-corrected chi connectivity index (χ0v) is 14.6. The number of nitrogens with one attached hydrogen (secondary N) is 3. The quantitative estimate of drug-likeness (QED) is 0.660. The highest BCUT2D eigenvalue weighted by molar-refractivity contribution is 6.10. The summed E-state index contributed by atoms with van der Waals surface area (Å²) < 4.78 is 0. The number of hydrogen-bond donors (Lipinski definition) is 3. The van der Waals surface area contributed by atoms with E-state index < -0.39 is 5.91 Å². The highest BCUT2D eigenvalue weighted by atomic mass is 16.2. The predicted octanol–water partition coefficient (Wildman–Crippen LogP) is 3.46. The number of nitrogens with zero attached hydrogens (tertiary/aromatic N) is 1. The second kappa shape index (κ2) is 7.65. The monoisotopic (exact) mass is 348 g/mol. The van der Waals surface area contributed by atoms with E-state index in [1.165, 1.54) is 6.33 Å². The standard InChI is InChI=1S/C20H20N4O2/c1-13-8-10-16(11-9-13)24-20(26)18-17(21-12-22-18)19(25)23-14(2)15-6-4-3-5-7-15/h3-12,14H,1-2H3,(H,21,22)(H,23,25)(H,24,26)/t14-/m0/s1. The number of H-pyrrole nitrogens is 1. The maximum atomic E-state index is 12.5. The molecule has 0 bridgehead atoms. The third-order valence-electron chi connectivity index (χ3n) is 4.04. The summed E-state index contributed by atoms with van der Waals surface area (Å²) in [5.41, 5.74) is 2.91. The van der Waals surface area contributed by atoms with Gasteiger partial charge in [-0.2, -0.15) is 0 Å². The molecule has 0 saturated heterocycles. The topological polar surface area (TPSA) is 86.9 Å². The molecule has 2 aromatic carbocycles. The van der Waals surface area contributed by atoms with Crippen molar-refractivity contribution in [2.45, 2.75) is 19.9 Å². The van der Waals surface area contributed by atoms with E-state index in [9.17, 15) is 9.59 Å². The number of anilines is 1. The smallest absolute Gasteiger partial charge is 0.276 e. The van der Waals surface area contributed by atoms with Crippen LogP contribution in [0.1, 0.15) is 45.1 Å². The van der Waals surface area contributed by atoms with Crippen molar-refractivity contribution < 1.29 is 9.59 Å². The highest BCUT2D eigenvalue weighted by Crippen LogP contribution is 2.14. The van der Waals surface area contributed by atoms with Gasteiger partial charge >= 0.3 is 0 Å². The number of amides is 2. The first-order chi connectivity index (χ1) is 12.5. The second-order valence-electron chi connectivity index (χ2n) is 6.05. The molecule has 0 saturated carbocycles. The number of rotatable bonds is 5. The first-order valence-electron chi connectivity index (χ1n) is 8.32. The van der Waals surface area contributed by atoms with Crippen LogP contribution in [0.5, 0.6) is 0 Å². The van der Waals surface area contributed by atoms with Crippen LogP contribution in [0, 0.1) is 6.92 Å². The lowest BCUT2D eigenvalue weighted by molar-refractivity contribution is 0.0923. The molecule has 6 heteroatoms. The molecule has 2 amide bonds. The minimum atomic E-state index is -0.437. The average Bonchev–Trinajstić information content (AvgIpc) is 3.14. The van der Waals surface area contributed by atoms with Crippen LogP contribution in [0.2, 0.25) is 0 Å². The summed E-state index contributed by atoms with van der Waals surface area (Å²) in [4.78, 5) is 31.8. The summed E-state index contributed by atoms with van der Waals surface area (Å²) in [5, 5.41) is 5.63. The van der Waals surface area contributed by atoms with Crippen molar-refractivity contribution in [3.8, 4) is 0 Å². The summed E-state index contributed by atoms with van der Waals surface area (Å²) in [7, 11) is 0. The van der Waals surface area contributed by atoms with Crippen molar-refractivity contribution >= 4 is 17.5 Å². The van der Waals surface area contributed by atoms with Crippen molar-refractivity contribution in [1.29, 1.82) is 0 Å². The van der Waals surface area contributed by atoms with E-state index in [-0.39, 0.29) is 23.3 Å². The lowest BCUT2D eigenvalue weighted by Gasteiger charge is -2.14. The molecule has 0 aliphatic heterocycles. The van der Waals surface area contributed by atoms with Crippen LogP contribution in [0.15, 0.2) is 60.9 Å². The average molecular weight is 348 g/mol. The minimum Gasteiger partial charge on any atom is -0.344 e. The number of aromatic amines is 1. The van der Waals surface area contributed by atoms with Gasteiger partial charge in [0.05, 0.1) is 12.4 Å². The molecule has 0 radical (unpaired) electrons. The Bertz CT molecular complexity index is 901. The molecule has 0 aliphatic rings. The Kier molecular flexibility index (Phi) is 5.12. The van der Waals surface area contributed by atoms with Gasteiger partial charge < -0.3 is 15.6 Å². The number of aromatic nitrogens is 2. The number of aryl methyl sites for hydroxylation is 1. The molecule has 3 N–H and O–H groups in total. The number of hydrogen-bond acceptors (Lipinski definition) is 3. The Morgan fingerprint density at radius 1 is 1.00 bits per heavy atom. The van der Waals surface area contributed by atoms with Gasteiger partial charge in [-0.1, -0.05) is 48.0 Å². The van der Waals surface area contributed by atoms with Gasteiger partial charge in [0.25, 0.3) is 11.8 Å². The molecule has 0 spiro atoms. The molecule has 3 aromatic rings. The lowest BCUT2D eigenvalue weighted by atomic mass is 10.1. The molecule has 1 heterocycles. The van der Waals surface area contributed by atoms with E-state index in [0.29, 0.717) is 5.69 Å². The van der Waals surface area contributed by atoms with Gasteiger partial charge in [-0.25, -0.2) is 4.98 Å². The predicted molar refractivity (Wildman–Crippen MR) is 100 cm³/mol. The second-order valence-corrected chi connectivity index (χ2v) is 6.05. The summed E-state index contributed by atoms with van der Waals surface area (Å²) in [6.07, 6.45) is 1.34. The normalized spacial score (nSPS) is 11.6. The van der Waals surface area contributed by atoms with Crippen LogP contribution in [-0.4, -0.2) is 21.8 Å². The van der Waals surface area contributed by atoms with Crippen LogP contribution in [0.4, 0.5) is 5.69 Å². The molecule has 1 atom stereocenters. The molecular formula is C20H20N4O2. The van der Waals surface area contributed by atoms with Gasteiger partial charge in [-0.15, -0.1) is 0 Å². The first-order valence-corrected chi connectivity index (χ1v) is 8.32. The molecule has 1 aromatic heterocycles. The number of benzene rings is 2. The zero-order valence-electron chi connectivity index (χ0n) is 14.6. The van der Waals surface area contributed by atoms with E-state index in [1.807, 2.05) is 56.3 Å². The summed E-state index contributed by atoms with van der Waals surface area (Å²) >= 11 is 0. The van der Waals surface area contributed by atoms with Gasteiger partial charge in [0.15, 0.2) is 5.69 Å². The number of carbonyl (C=O) groups excluding carboxylic acids is 2. The molecule has 132 valence electrons. The Hall–Kier alpha value is -3.41. The SMILES string of the molecule is Cc1ccc(NC(=O)c2nc[nH]c2C(=O)N[C@@H](C)c2ccccc2)cc1. The van der Waals surface area contributed by atoms with E-state index in [1.54, 1.807) is 12.1 Å². The number of carbonyl (C=O) groups is 2. The maximum Gasteiger partial charge on any atom is 0.276 e. The van der Waals surface area contributed by atoms with Crippen molar-refractivity contribution in [3.05, 3.63) is 83.4 Å². The van der Waals surface area contributed by atoms with Crippen LogP contribution in [-0.2, 0) is 0 Å². The van der Waals surface area contributed by atoms with E-state index in [0.717, 1.165) is 11.1 Å². The number of imidazole rings is 1. The van der Waals surface area contributed by atoms with Crippen LogP contribution in [0.25, 0.3) is 0 Å².